The highest BCUT2D eigenvalue weighted by Gasteiger charge is 2.21. The quantitative estimate of drug-likeness (QED) is 0.622. The molecule has 0 aliphatic heterocycles. The number of primary amides is 1. The Morgan fingerprint density at radius 1 is 1.32 bits per heavy atom. The van der Waals surface area contributed by atoms with E-state index in [-0.39, 0.29) is 18.2 Å². The first-order valence-electron chi connectivity index (χ1n) is 8.98. The van der Waals surface area contributed by atoms with Gasteiger partial charge in [0.15, 0.2) is 5.16 Å². The van der Waals surface area contributed by atoms with Gasteiger partial charge >= 0.3 is 0 Å². The summed E-state index contributed by atoms with van der Waals surface area (Å²) in [5, 5.41) is 20.4. The van der Waals surface area contributed by atoms with Crippen molar-refractivity contribution in [3.63, 3.8) is 0 Å². The van der Waals surface area contributed by atoms with E-state index < -0.39 is 5.25 Å². The van der Waals surface area contributed by atoms with Crippen LogP contribution in [0.3, 0.4) is 0 Å². The molecule has 28 heavy (non-hydrogen) atoms. The third-order valence-electron chi connectivity index (χ3n) is 3.85. The summed E-state index contributed by atoms with van der Waals surface area (Å²) in [4.78, 5) is 23.6. The van der Waals surface area contributed by atoms with Gasteiger partial charge in [-0.15, -0.1) is 10.2 Å². The zero-order chi connectivity index (χ0) is 20.7. The summed E-state index contributed by atoms with van der Waals surface area (Å²) in [7, 11) is 0. The number of aryl methyl sites for hydroxylation is 1. The van der Waals surface area contributed by atoms with Crippen LogP contribution in [0.2, 0.25) is 0 Å². The Hall–Kier alpha value is -2.86. The Balaban J connectivity index is 2.10. The number of amides is 2. The fourth-order valence-corrected chi connectivity index (χ4v) is 3.37. The van der Waals surface area contributed by atoms with Gasteiger partial charge in [-0.25, -0.2) is 0 Å². The number of carbonyl (C=O) groups is 2. The van der Waals surface area contributed by atoms with Gasteiger partial charge < -0.3 is 15.6 Å². The van der Waals surface area contributed by atoms with Crippen molar-refractivity contribution >= 4 is 29.3 Å². The van der Waals surface area contributed by atoms with Crippen LogP contribution in [0.5, 0.6) is 0 Å². The molecule has 0 fully saturated rings. The van der Waals surface area contributed by atoms with Gasteiger partial charge in [-0.05, 0) is 31.0 Å². The lowest BCUT2D eigenvalue weighted by molar-refractivity contribution is -0.118. The summed E-state index contributed by atoms with van der Waals surface area (Å²) < 4.78 is 1.94. The zero-order valence-electron chi connectivity index (χ0n) is 16.2. The SMILES string of the molecule is CC(C)Cn1c(CCC(N)=O)nnc1S[C@H](C)C(=O)Nc1cccc(C#N)c1. The lowest BCUT2D eigenvalue weighted by Gasteiger charge is -2.15. The molecule has 2 aromatic rings. The van der Waals surface area contributed by atoms with Gasteiger partial charge in [-0.3, -0.25) is 9.59 Å². The van der Waals surface area contributed by atoms with Crippen molar-refractivity contribution in [2.75, 3.05) is 5.32 Å². The molecule has 1 aromatic carbocycles. The molecule has 8 nitrogen and oxygen atoms in total. The van der Waals surface area contributed by atoms with E-state index in [2.05, 4.69) is 29.4 Å². The van der Waals surface area contributed by atoms with Crippen molar-refractivity contribution < 1.29 is 9.59 Å². The maximum Gasteiger partial charge on any atom is 0.237 e. The Kier molecular flexibility index (Phi) is 7.58. The number of benzene rings is 1. The topological polar surface area (TPSA) is 127 Å². The van der Waals surface area contributed by atoms with Crippen LogP contribution in [0.25, 0.3) is 0 Å². The van der Waals surface area contributed by atoms with E-state index in [0.29, 0.717) is 41.1 Å². The molecule has 9 heteroatoms. The number of hydrogen-bond acceptors (Lipinski definition) is 6. The van der Waals surface area contributed by atoms with Gasteiger partial charge in [-0.2, -0.15) is 5.26 Å². The van der Waals surface area contributed by atoms with Crippen molar-refractivity contribution in [1.82, 2.24) is 14.8 Å². The lowest BCUT2D eigenvalue weighted by Crippen LogP contribution is -2.23. The predicted molar refractivity (Wildman–Crippen MR) is 107 cm³/mol. The van der Waals surface area contributed by atoms with Crippen LogP contribution < -0.4 is 11.1 Å². The third kappa shape index (κ3) is 6.09. The predicted octanol–water partition coefficient (Wildman–Crippen LogP) is 2.34. The van der Waals surface area contributed by atoms with E-state index in [1.165, 1.54) is 11.8 Å². The molecule has 2 amide bonds. The maximum absolute atomic E-state index is 12.5. The van der Waals surface area contributed by atoms with E-state index in [1.807, 2.05) is 10.6 Å². The number of hydrogen-bond donors (Lipinski definition) is 2. The van der Waals surface area contributed by atoms with E-state index in [9.17, 15) is 9.59 Å². The zero-order valence-corrected chi connectivity index (χ0v) is 17.0. The number of nitriles is 1. The van der Waals surface area contributed by atoms with Crippen LogP contribution in [-0.2, 0) is 22.6 Å². The molecule has 0 unspecified atom stereocenters. The lowest BCUT2D eigenvalue weighted by atomic mass is 10.2. The largest absolute Gasteiger partial charge is 0.370 e. The van der Waals surface area contributed by atoms with Crippen molar-refractivity contribution in [2.24, 2.45) is 11.7 Å². The molecule has 0 aliphatic rings. The minimum absolute atomic E-state index is 0.196. The molecule has 1 aromatic heterocycles. The van der Waals surface area contributed by atoms with Crippen molar-refractivity contribution in [1.29, 1.82) is 5.26 Å². The summed E-state index contributed by atoms with van der Waals surface area (Å²) in [5.74, 6) is 0.448. The summed E-state index contributed by atoms with van der Waals surface area (Å²) in [6.45, 7) is 6.61. The molecule has 0 aliphatic carbocycles. The molecule has 1 atom stereocenters. The highest BCUT2D eigenvalue weighted by atomic mass is 32.2. The van der Waals surface area contributed by atoms with E-state index in [4.69, 9.17) is 11.0 Å². The standard InChI is InChI=1S/C19H24N6O2S/c1-12(2)11-25-17(8-7-16(21)26)23-24-19(25)28-13(3)18(27)22-15-6-4-5-14(9-15)10-20/h4-6,9,12-13H,7-8,11H2,1-3H3,(H2,21,26)(H,22,27)/t13-/m1/s1. The molecule has 0 radical (unpaired) electrons. The van der Waals surface area contributed by atoms with Crippen molar-refractivity contribution in [3.05, 3.63) is 35.7 Å². The summed E-state index contributed by atoms with van der Waals surface area (Å²) >= 11 is 1.30. The van der Waals surface area contributed by atoms with Gasteiger partial charge in [0.2, 0.25) is 11.8 Å². The van der Waals surface area contributed by atoms with E-state index >= 15 is 0 Å². The Bertz CT molecular complexity index is 887. The first kappa shape index (κ1) is 21.4. The maximum atomic E-state index is 12.5. The average molecular weight is 401 g/mol. The molecule has 3 N–H and O–H groups in total. The fraction of sp³-hybridized carbons (Fsp3) is 0.421. The van der Waals surface area contributed by atoms with Crippen LogP contribution >= 0.6 is 11.8 Å². The molecule has 0 spiro atoms. The van der Waals surface area contributed by atoms with Crippen LogP contribution in [-0.4, -0.2) is 31.8 Å². The molecule has 0 saturated carbocycles. The average Bonchev–Trinajstić information content (AvgIpc) is 3.00. The second-order valence-corrected chi connectivity index (χ2v) is 8.12. The Morgan fingerprint density at radius 2 is 2.07 bits per heavy atom. The molecular formula is C19H24N6O2S. The Morgan fingerprint density at radius 3 is 2.71 bits per heavy atom. The molecule has 2 rings (SSSR count). The first-order chi connectivity index (χ1) is 13.3. The van der Waals surface area contributed by atoms with Gasteiger partial charge in [0.25, 0.3) is 0 Å². The van der Waals surface area contributed by atoms with Gasteiger partial charge in [0.1, 0.15) is 5.82 Å². The summed E-state index contributed by atoms with van der Waals surface area (Å²) in [5.41, 5.74) is 6.29. The molecule has 1 heterocycles. The second kappa shape index (κ2) is 9.90. The van der Waals surface area contributed by atoms with Crippen molar-refractivity contribution in [2.45, 2.75) is 50.6 Å². The highest BCUT2D eigenvalue weighted by molar-refractivity contribution is 8.00. The van der Waals surface area contributed by atoms with Gasteiger partial charge in [-0.1, -0.05) is 31.7 Å². The Labute approximate surface area is 168 Å². The summed E-state index contributed by atoms with van der Waals surface area (Å²) in [6, 6.07) is 8.80. The number of anilines is 1. The number of aromatic nitrogens is 3. The molecular weight excluding hydrogens is 376 g/mol. The molecule has 0 bridgehead atoms. The van der Waals surface area contributed by atoms with Crippen LogP contribution in [0.1, 0.15) is 38.6 Å². The first-order valence-corrected chi connectivity index (χ1v) is 9.86. The van der Waals surface area contributed by atoms with Crippen molar-refractivity contribution in [3.8, 4) is 6.07 Å². The number of nitrogens with zero attached hydrogens (tertiary/aromatic N) is 4. The van der Waals surface area contributed by atoms with Crippen LogP contribution in [0, 0.1) is 17.2 Å². The third-order valence-corrected chi connectivity index (χ3v) is 4.93. The number of nitrogens with two attached hydrogens (primary N) is 1. The normalized spacial score (nSPS) is 11.8. The minimum Gasteiger partial charge on any atom is -0.370 e. The van der Waals surface area contributed by atoms with E-state index in [0.717, 1.165) is 0 Å². The number of carbonyl (C=O) groups excluding carboxylic acids is 2. The van der Waals surface area contributed by atoms with Gasteiger partial charge in [0, 0.05) is 25.1 Å². The van der Waals surface area contributed by atoms with Gasteiger partial charge in [0.05, 0.1) is 16.9 Å². The molecule has 0 saturated heterocycles. The minimum atomic E-state index is -0.426. The van der Waals surface area contributed by atoms with E-state index in [1.54, 1.807) is 31.2 Å². The van der Waals surface area contributed by atoms with Crippen LogP contribution in [0.15, 0.2) is 29.4 Å². The molecule has 148 valence electrons. The highest BCUT2D eigenvalue weighted by Crippen LogP contribution is 2.25. The number of nitrogens with one attached hydrogen (secondary N) is 1. The number of thioether (sulfide) groups is 1. The fourth-order valence-electron chi connectivity index (χ4n) is 2.50. The monoisotopic (exact) mass is 400 g/mol. The smallest absolute Gasteiger partial charge is 0.237 e. The second-order valence-electron chi connectivity index (χ2n) is 6.81. The number of rotatable bonds is 9. The summed E-state index contributed by atoms with van der Waals surface area (Å²) in [6.07, 6.45) is 0.614. The van der Waals surface area contributed by atoms with Crippen LogP contribution in [0.4, 0.5) is 5.69 Å².